The Kier molecular flexibility index (Phi) is 2.33. The van der Waals surface area contributed by atoms with Gasteiger partial charge in [0.25, 0.3) is 0 Å². The van der Waals surface area contributed by atoms with Gasteiger partial charge in [0.05, 0.1) is 0 Å². The van der Waals surface area contributed by atoms with Crippen molar-refractivity contribution >= 4 is 17.0 Å². The molecule has 0 saturated heterocycles. The molecule has 0 atom stereocenters. The first-order valence-electron chi connectivity index (χ1n) is 1.81. The molecule has 0 aromatic heterocycles. The molecule has 0 aromatic rings. The molecular weight excluding hydrogens is 141 g/mol. The van der Waals surface area contributed by atoms with Crippen LogP contribution in [0.5, 0.6) is 0 Å². The summed E-state index contributed by atoms with van der Waals surface area (Å²) in [6.45, 7) is 0.931. The van der Waals surface area contributed by atoms with Crippen LogP contribution >= 0.6 is 11.2 Å². The lowest BCUT2D eigenvalue weighted by molar-refractivity contribution is -0.114. The van der Waals surface area contributed by atoms with Gasteiger partial charge in [0.2, 0.25) is 11.2 Å². The minimum Gasteiger partial charge on any atom is -0.299 e. The van der Waals surface area contributed by atoms with Crippen LogP contribution in [0, 0.1) is 0 Å². The quantitative estimate of drug-likeness (QED) is 0.582. The Morgan fingerprint density at radius 2 is 1.88 bits per heavy atom. The number of carbonyl (C=O) groups is 1. The fourth-order valence-corrected chi connectivity index (χ4v) is 0.691. The predicted molar refractivity (Wildman–Crippen MR) is 26.5 cm³/mol. The van der Waals surface area contributed by atoms with Gasteiger partial charge >= 0.3 is 0 Å². The van der Waals surface area contributed by atoms with Crippen molar-refractivity contribution in [2.75, 3.05) is 5.75 Å². The van der Waals surface area contributed by atoms with Crippen LogP contribution < -0.4 is 0 Å². The molecule has 0 N–H and O–H groups in total. The third kappa shape index (κ3) is 5.81. The molecule has 0 rings (SSSR count). The number of halogens is 3. The summed E-state index contributed by atoms with van der Waals surface area (Å²) in [4.78, 5) is 9.76. The zero-order valence-corrected chi connectivity index (χ0v) is 4.97. The zero-order valence-electron chi connectivity index (χ0n) is 4.16. The van der Waals surface area contributed by atoms with E-state index in [1.165, 1.54) is 0 Å². The number of hydrogen-bond donors (Lipinski definition) is 0. The van der Waals surface area contributed by atoms with E-state index in [1.807, 2.05) is 0 Å². The van der Waals surface area contributed by atoms with E-state index >= 15 is 0 Å². The van der Waals surface area contributed by atoms with E-state index in [0.717, 1.165) is 6.92 Å². The molecule has 0 fully saturated rings. The maximum absolute atomic E-state index is 11.2. The number of ketones is 1. The topological polar surface area (TPSA) is 17.1 Å². The Labute approximate surface area is 47.1 Å². The van der Waals surface area contributed by atoms with Crippen LogP contribution in [0.4, 0.5) is 11.7 Å². The largest absolute Gasteiger partial charge is 0.299 e. The fraction of sp³-hybridized carbons (Fsp3) is 0.667. The molecule has 0 aliphatic carbocycles. The molecule has 0 aliphatic heterocycles. The van der Waals surface area contributed by atoms with Crippen molar-refractivity contribution in [2.24, 2.45) is 0 Å². The van der Waals surface area contributed by atoms with Gasteiger partial charge in [-0.05, 0) is 6.92 Å². The summed E-state index contributed by atoms with van der Waals surface area (Å²) in [6.07, 6.45) is 0. The summed E-state index contributed by atoms with van der Waals surface area (Å²) >= 11 is -5.07. The number of carbonyl (C=O) groups excluding carboxylic acids is 1. The maximum atomic E-state index is 11.2. The van der Waals surface area contributed by atoms with E-state index in [2.05, 4.69) is 0 Å². The van der Waals surface area contributed by atoms with E-state index in [9.17, 15) is 16.5 Å². The molecule has 0 aliphatic rings. The van der Waals surface area contributed by atoms with Gasteiger partial charge in [0, 0.05) is 0 Å². The van der Waals surface area contributed by atoms with Crippen molar-refractivity contribution in [3.05, 3.63) is 0 Å². The van der Waals surface area contributed by atoms with Gasteiger partial charge in [0.15, 0.2) is 0 Å². The normalized spacial score (nSPS) is 13.5. The monoisotopic (exact) mass is 146 g/mol. The lowest BCUT2D eigenvalue weighted by Crippen LogP contribution is -1.98. The standard InChI is InChI=1S/C3H5F3OS/c1-3(7)2-8(4,5)6/h2H2,1H3. The molecule has 0 aromatic carbocycles. The smallest absolute Gasteiger partial charge is 0.216 e. The molecule has 5 heteroatoms. The van der Waals surface area contributed by atoms with Crippen LogP contribution in [0.3, 0.4) is 0 Å². The molecule has 0 unspecified atom stereocenters. The summed E-state index contributed by atoms with van der Waals surface area (Å²) in [5, 5.41) is 0. The highest BCUT2D eigenvalue weighted by atomic mass is 32.3. The highest BCUT2D eigenvalue weighted by molar-refractivity contribution is 8.21. The Hall–Kier alpha value is -0.190. The molecule has 1 nitrogen and oxygen atoms in total. The SMILES string of the molecule is CC(=O)CS(F)(F)F. The maximum Gasteiger partial charge on any atom is 0.216 e. The minimum absolute atomic E-state index is 0.812. The van der Waals surface area contributed by atoms with Crippen LogP contribution in [0.15, 0.2) is 0 Å². The fourth-order valence-electron chi connectivity index (χ4n) is 0.230. The third-order valence-corrected chi connectivity index (χ3v) is 1.10. The van der Waals surface area contributed by atoms with Crippen LogP contribution in [0.25, 0.3) is 0 Å². The lowest BCUT2D eigenvalue weighted by atomic mass is 10.5. The zero-order chi connectivity index (χ0) is 6.78. The Bertz CT molecular complexity index is 97.2. The van der Waals surface area contributed by atoms with Crippen LogP contribution in [-0.2, 0) is 4.79 Å². The molecule has 0 spiro atoms. The lowest BCUT2D eigenvalue weighted by Gasteiger charge is -2.04. The van der Waals surface area contributed by atoms with Gasteiger partial charge in [-0.3, -0.25) is 4.79 Å². The first-order chi connectivity index (χ1) is 3.42. The van der Waals surface area contributed by atoms with Crippen molar-refractivity contribution in [1.82, 2.24) is 0 Å². The first kappa shape index (κ1) is 7.81. The summed E-state index contributed by atoms with van der Waals surface area (Å²) in [6, 6.07) is 0. The van der Waals surface area contributed by atoms with Gasteiger partial charge in [-0.1, -0.05) is 0 Å². The minimum atomic E-state index is -5.07. The molecular formula is C3H5F3OS. The van der Waals surface area contributed by atoms with Crippen LogP contribution in [-0.4, -0.2) is 11.5 Å². The second kappa shape index (κ2) is 2.39. The second-order valence-corrected chi connectivity index (χ2v) is 2.64. The number of rotatable bonds is 2. The van der Waals surface area contributed by atoms with Gasteiger partial charge in [0.1, 0.15) is 11.5 Å². The van der Waals surface area contributed by atoms with E-state index in [-0.39, 0.29) is 0 Å². The van der Waals surface area contributed by atoms with Crippen LogP contribution in [0.1, 0.15) is 6.92 Å². The third-order valence-electron chi connectivity index (χ3n) is 0.367. The average molecular weight is 146 g/mol. The van der Waals surface area contributed by atoms with Gasteiger partial charge < -0.3 is 0 Å². The first-order valence-corrected chi connectivity index (χ1v) is 3.31. The summed E-state index contributed by atoms with van der Waals surface area (Å²) in [5.41, 5.74) is 0. The van der Waals surface area contributed by atoms with Gasteiger partial charge in [-0.25, -0.2) is 0 Å². The molecule has 0 bridgehead atoms. The highest BCUT2D eigenvalue weighted by Gasteiger charge is 2.22. The van der Waals surface area contributed by atoms with E-state index < -0.39 is 22.7 Å². The van der Waals surface area contributed by atoms with E-state index in [4.69, 9.17) is 0 Å². The second-order valence-electron chi connectivity index (χ2n) is 1.35. The summed E-state index contributed by atoms with van der Waals surface area (Å²) in [7, 11) is 0. The highest BCUT2D eigenvalue weighted by Crippen LogP contribution is 2.52. The van der Waals surface area contributed by atoms with Crippen molar-refractivity contribution < 1.29 is 16.5 Å². The number of Topliss-reactive ketones (excluding diaryl/α,β-unsaturated/α-hetero) is 1. The van der Waals surface area contributed by atoms with Crippen LogP contribution in [0.2, 0.25) is 0 Å². The average Bonchev–Trinajstić information content (AvgIpc) is 1.21. The van der Waals surface area contributed by atoms with Crippen molar-refractivity contribution in [3.8, 4) is 0 Å². The van der Waals surface area contributed by atoms with Crippen molar-refractivity contribution in [1.29, 1.82) is 0 Å². The summed E-state index contributed by atoms with van der Waals surface area (Å²) < 4.78 is 33.5. The summed E-state index contributed by atoms with van der Waals surface area (Å²) in [5.74, 6) is -2.04. The molecule has 0 amide bonds. The molecule has 8 heavy (non-hydrogen) atoms. The molecule has 50 valence electrons. The molecule has 0 radical (unpaired) electrons. The van der Waals surface area contributed by atoms with Crippen molar-refractivity contribution in [2.45, 2.75) is 6.92 Å². The number of hydrogen-bond acceptors (Lipinski definition) is 1. The van der Waals surface area contributed by atoms with Gasteiger partial charge in [-0.15, -0.1) is 11.7 Å². The van der Waals surface area contributed by atoms with E-state index in [0.29, 0.717) is 0 Å². The Morgan fingerprint density at radius 3 is 1.88 bits per heavy atom. The van der Waals surface area contributed by atoms with Crippen molar-refractivity contribution in [3.63, 3.8) is 0 Å². The van der Waals surface area contributed by atoms with Gasteiger partial charge in [-0.2, -0.15) is 0 Å². The predicted octanol–water partition coefficient (Wildman–Crippen LogP) is 2.03. The van der Waals surface area contributed by atoms with E-state index in [1.54, 1.807) is 0 Å². The Morgan fingerprint density at radius 1 is 1.50 bits per heavy atom. The molecule has 0 saturated carbocycles. The Balaban J connectivity index is 3.55. The molecule has 0 heterocycles.